The Bertz CT molecular complexity index is 625. The number of sulfonamides is 1. The molecule has 0 aliphatic carbocycles. The number of rotatable bonds is 2. The molecule has 5 nitrogen and oxygen atoms in total. The van der Waals surface area contributed by atoms with E-state index in [1.165, 1.54) is 6.07 Å². The Morgan fingerprint density at radius 2 is 1.74 bits per heavy atom. The minimum atomic E-state index is -3.99. The second kappa shape index (κ2) is 5.28. The minimum Gasteiger partial charge on any atom is -0.339 e. The van der Waals surface area contributed by atoms with Crippen molar-refractivity contribution in [3.8, 4) is 0 Å². The molecule has 2 N–H and O–H groups in total. The van der Waals surface area contributed by atoms with E-state index in [4.69, 9.17) is 28.3 Å². The maximum absolute atomic E-state index is 12.2. The predicted octanol–water partition coefficient (Wildman–Crippen LogP) is 1.88. The summed E-state index contributed by atoms with van der Waals surface area (Å²) in [5.41, 5.74) is 0.108. The molecule has 1 fully saturated rings. The molecule has 0 spiro atoms. The van der Waals surface area contributed by atoms with Gasteiger partial charge in [-0.3, -0.25) is 4.79 Å². The second-order valence-corrected chi connectivity index (χ2v) is 6.65. The predicted molar refractivity (Wildman–Crippen MR) is 73.0 cm³/mol. The van der Waals surface area contributed by atoms with E-state index < -0.39 is 10.0 Å². The molecule has 19 heavy (non-hydrogen) atoms. The molecule has 1 amide bonds. The first-order chi connectivity index (χ1) is 8.80. The third-order valence-electron chi connectivity index (χ3n) is 2.95. The molecule has 104 valence electrons. The van der Waals surface area contributed by atoms with Gasteiger partial charge >= 0.3 is 0 Å². The van der Waals surface area contributed by atoms with E-state index in [0.29, 0.717) is 13.1 Å². The first kappa shape index (κ1) is 14.6. The SMILES string of the molecule is NS(=O)(=O)c1cc(C(=O)N2CCCC2)c(Cl)cc1Cl. The average Bonchev–Trinajstić information content (AvgIpc) is 2.79. The van der Waals surface area contributed by atoms with Gasteiger partial charge in [0.15, 0.2) is 0 Å². The first-order valence-electron chi connectivity index (χ1n) is 5.62. The van der Waals surface area contributed by atoms with Crippen molar-refractivity contribution in [2.75, 3.05) is 13.1 Å². The molecule has 0 saturated carbocycles. The molecule has 0 radical (unpaired) electrons. The summed E-state index contributed by atoms with van der Waals surface area (Å²) in [6.45, 7) is 1.28. The summed E-state index contributed by atoms with van der Waals surface area (Å²) in [6, 6.07) is 2.37. The number of likely N-dealkylation sites (tertiary alicyclic amines) is 1. The van der Waals surface area contributed by atoms with Gasteiger partial charge in [0.05, 0.1) is 15.6 Å². The van der Waals surface area contributed by atoms with Gasteiger partial charge in [0.25, 0.3) is 5.91 Å². The number of amides is 1. The number of carbonyl (C=O) groups is 1. The summed E-state index contributed by atoms with van der Waals surface area (Å²) >= 11 is 11.7. The Balaban J connectivity index is 2.48. The first-order valence-corrected chi connectivity index (χ1v) is 7.92. The molecule has 2 rings (SSSR count). The van der Waals surface area contributed by atoms with E-state index in [2.05, 4.69) is 0 Å². The van der Waals surface area contributed by atoms with Gasteiger partial charge in [0.1, 0.15) is 4.90 Å². The number of nitrogens with zero attached hydrogens (tertiary/aromatic N) is 1. The summed E-state index contributed by atoms with van der Waals surface area (Å²) in [5.74, 6) is -0.302. The average molecular weight is 323 g/mol. The van der Waals surface area contributed by atoms with Crippen LogP contribution in [0.3, 0.4) is 0 Å². The highest BCUT2D eigenvalue weighted by molar-refractivity contribution is 7.89. The van der Waals surface area contributed by atoms with Crippen LogP contribution in [0.2, 0.25) is 10.0 Å². The summed E-state index contributed by atoms with van der Waals surface area (Å²) in [6.07, 6.45) is 1.86. The van der Waals surface area contributed by atoms with Gasteiger partial charge in [-0.1, -0.05) is 23.2 Å². The molecular weight excluding hydrogens is 311 g/mol. The lowest BCUT2D eigenvalue weighted by atomic mass is 10.2. The normalized spacial score (nSPS) is 15.8. The third kappa shape index (κ3) is 3.02. The van der Waals surface area contributed by atoms with E-state index in [9.17, 15) is 13.2 Å². The van der Waals surface area contributed by atoms with Crippen molar-refractivity contribution in [2.45, 2.75) is 17.7 Å². The molecule has 0 atom stereocenters. The molecule has 1 aliphatic heterocycles. The zero-order valence-electron chi connectivity index (χ0n) is 9.90. The van der Waals surface area contributed by atoms with Crippen LogP contribution in [0.4, 0.5) is 0 Å². The molecule has 1 saturated heterocycles. The van der Waals surface area contributed by atoms with Gasteiger partial charge in [-0.05, 0) is 25.0 Å². The quantitative estimate of drug-likeness (QED) is 0.902. The largest absolute Gasteiger partial charge is 0.339 e. The molecule has 1 heterocycles. The van der Waals surface area contributed by atoms with E-state index in [1.54, 1.807) is 4.90 Å². The fourth-order valence-corrected chi connectivity index (χ4v) is 3.40. The summed E-state index contributed by atoms with van der Waals surface area (Å²) < 4.78 is 22.8. The van der Waals surface area contributed by atoms with Crippen molar-refractivity contribution in [2.24, 2.45) is 5.14 Å². The van der Waals surface area contributed by atoms with Crippen LogP contribution in [0.15, 0.2) is 17.0 Å². The number of hydrogen-bond donors (Lipinski definition) is 1. The van der Waals surface area contributed by atoms with Crippen LogP contribution in [0.25, 0.3) is 0 Å². The highest BCUT2D eigenvalue weighted by Crippen LogP contribution is 2.29. The van der Waals surface area contributed by atoms with Crippen LogP contribution in [0.1, 0.15) is 23.2 Å². The van der Waals surface area contributed by atoms with E-state index in [1.807, 2.05) is 0 Å². The van der Waals surface area contributed by atoms with E-state index >= 15 is 0 Å². The highest BCUT2D eigenvalue weighted by Gasteiger charge is 2.24. The standard InChI is InChI=1S/C11H12Cl2N2O3S/c12-8-6-9(13)10(19(14,17)18)5-7(8)11(16)15-3-1-2-4-15/h5-6H,1-4H2,(H2,14,17,18). The smallest absolute Gasteiger partial charge is 0.255 e. The van der Waals surface area contributed by atoms with E-state index in [0.717, 1.165) is 18.9 Å². The van der Waals surface area contributed by atoms with Gasteiger partial charge in [-0.25, -0.2) is 13.6 Å². The van der Waals surface area contributed by atoms with Crippen molar-refractivity contribution < 1.29 is 13.2 Å². The number of benzene rings is 1. The Kier molecular flexibility index (Phi) is 4.06. The zero-order valence-corrected chi connectivity index (χ0v) is 12.2. The topological polar surface area (TPSA) is 80.5 Å². The summed E-state index contributed by atoms with van der Waals surface area (Å²) in [7, 11) is -3.99. The highest BCUT2D eigenvalue weighted by atomic mass is 35.5. The molecule has 0 aromatic heterocycles. The Morgan fingerprint density at radius 1 is 1.16 bits per heavy atom. The number of primary sulfonamides is 1. The van der Waals surface area contributed by atoms with Gasteiger partial charge in [-0.15, -0.1) is 0 Å². The number of carbonyl (C=O) groups excluding carboxylic acids is 1. The van der Waals surface area contributed by atoms with Crippen LogP contribution in [-0.4, -0.2) is 32.3 Å². The van der Waals surface area contributed by atoms with Crippen molar-refractivity contribution in [3.63, 3.8) is 0 Å². The van der Waals surface area contributed by atoms with Crippen LogP contribution in [0, 0.1) is 0 Å². The van der Waals surface area contributed by atoms with Crippen molar-refractivity contribution >= 4 is 39.1 Å². The van der Waals surface area contributed by atoms with Crippen LogP contribution in [0.5, 0.6) is 0 Å². The Labute approximate surface area is 121 Å². The molecule has 0 bridgehead atoms. The summed E-state index contributed by atoms with van der Waals surface area (Å²) in [4.78, 5) is 13.6. The Morgan fingerprint density at radius 3 is 2.26 bits per heavy atom. The molecule has 0 unspecified atom stereocenters. The van der Waals surface area contributed by atoms with E-state index in [-0.39, 0.29) is 26.4 Å². The van der Waals surface area contributed by atoms with Crippen molar-refractivity contribution in [1.82, 2.24) is 4.90 Å². The third-order valence-corrected chi connectivity index (χ3v) is 4.64. The zero-order chi connectivity index (χ0) is 14.2. The van der Waals surface area contributed by atoms with Gasteiger partial charge in [-0.2, -0.15) is 0 Å². The van der Waals surface area contributed by atoms with Crippen molar-refractivity contribution in [1.29, 1.82) is 0 Å². The minimum absolute atomic E-state index is 0.0922. The lowest BCUT2D eigenvalue weighted by Gasteiger charge is -2.17. The number of hydrogen-bond acceptors (Lipinski definition) is 3. The second-order valence-electron chi connectivity index (χ2n) is 4.31. The monoisotopic (exact) mass is 322 g/mol. The molecule has 8 heteroatoms. The van der Waals surface area contributed by atoms with Crippen molar-refractivity contribution in [3.05, 3.63) is 27.7 Å². The molecule has 1 aromatic carbocycles. The fraction of sp³-hybridized carbons (Fsp3) is 0.364. The number of halogens is 2. The van der Waals surface area contributed by atoms with Gasteiger partial charge in [0, 0.05) is 13.1 Å². The fourth-order valence-electron chi connectivity index (χ4n) is 2.00. The van der Waals surface area contributed by atoms with Crippen LogP contribution >= 0.6 is 23.2 Å². The number of nitrogens with two attached hydrogens (primary N) is 1. The lowest BCUT2D eigenvalue weighted by molar-refractivity contribution is 0.0793. The summed E-state index contributed by atoms with van der Waals surface area (Å²) in [5, 5.41) is 5.08. The van der Waals surface area contributed by atoms with Crippen LogP contribution in [-0.2, 0) is 10.0 Å². The van der Waals surface area contributed by atoms with Crippen LogP contribution < -0.4 is 5.14 Å². The molecule has 1 aliphatic rings. The maximum Gasteiger partial charge on any atom is 0.255 e. The maximum atomic E-state index is 12.2. The molecule has 1 aromatic rings. The van der Waals surface area contributed by atoms with Gasteiger partial charge in [0.2, 0.25) is 10.0 Å². The van der Waals surface area contributed by atoms with Gasteiger partial charge < -0.3 is 4.90 Å². The molecular formula is C11H12Cl2N2O3S. The Hall–Kier alpha value is -0.820. The lowest BCUT2D eigenvalue weighted by Crippen LogP contribution is -2.28.